The summed E-state index contributed by atoms with van der Waals surface area (Å²) in [5.74, 6) is 0.688. The molecule has 80 valence electrons. The number of carbonyl (C=O) groups excluding carboxylic acids is 1. The van der Waals surface area contributed by atoms with E-state index in [1.807, 2.05) is 6.92 Å². The van der Waals surface area contributed by atoms with Crippen molar-refractivity contribution < 1.29 is 9.90 Å². The minimum absolute atomic E-state index is 0.108. The van der Waals surface area contributed by atoms with Crippen molar-refractivity contribution in [1.82, 2.24) is 10.6 Å². The predicted octanol–water partition coefficient (Wildman–Crippen LogP) is 0.982. The first-order valence-electron chi connectivity index (χ1n) is 5.06. The van der Waals surface area contributed by atoms with Crippen LogP contribution in [0.25, 0.3) is 0 Å². The number of hydrogen-bond donors (Lipinski definition) is 3. The molecule has 0 aromatic rings. The van der Waals surface area contributed by atoms with E-state index in [1.54, 1.807) is 6.20 Å². The van der Waals surface area contributed by atoms with Crippen LogP contribution in [0.4, 0.5) is 4.79 Å². The molecule has 0 saturated heterocycles. The molecule has 0 aromatic heterocycles. The Labute approximate surface area is 84.4 Å². The van der Waals surface area contributed by atoms with Crippen LogP contribution in [0, 0.1) is 5.92 Å². The lowest BCUT2D eigenvalue weighted by atomic mass is 10.2. The molecular weight excluding hydrogens is 180 g/mol. The fourth-order valence-corrected chi connectivity index (χ4v) is 1.17. The van der Waals surface area contributed by atoms with E-state index in [-0.39, 0.29) is 12.6 Å². The van der Waals surface area contributed by atoms with E-state index in [0.29, 0.717) is 18.9 Å². The normalized spacial score (nSPS) is 16.6. The maximum Gasteiger partial charge on any atom is 0.318 e. The zero-order chi connectivity index (χ0) is 10.4. The summed E-state index contributed by atoms with van der Waals surface area (Å²) in [6.07, 6.45) is 4.86. The second kappa shape index (κ2) is 5.65. The number of urea groups is 1. The second-order valence-corrected chi connectivity index (χ2v) is 3.64. The number of aliphatic hydroxyl groups excluding tert-OH is 1. The largest absolute Gasteiger partial charge is 0.396 e. The summed E-state index contributed by atoms with van der Waals surface area (Å²) < 4.78 is 0. The van der Waals surface area contributed by atoms with Crippen LogP contribution in [0.1, 0.15) is 26.2 Å². The fourth-order valence-electron chi connectivity index (χ4n) is 1.17. The van der Waals surface area contributed by atoms with Gasteiger partial charge in [0, 0.05) is 19.4 Å². The third kappa shape index (κ3) is 4.28. The van der Waals surface area contributed by atoms with Gasteiger partial charge in [0.05, 0.1) is 0 Å². The third-order valence-corrected chi connectivity index (χ3v) is 2.27. The molecule has 4 heteroatoms. The van der Waals surface area contributed by atoms with Gasteiger partial charge in [-0.3, -0.25) is 0 Å². The van der Waals surface area contributed by atoms with E-state index in [2.05, 4.69) is 10.6 Å². The minimum Gasteiger partial charge on any atom is -0.396 e. The molecule has 0 radical (unpaired) electrons. The lowest BCUT2D eigenvalue weighted by molar-refractivity contribution is 0.241. The van der Waals surface area contributed by atoms with Crippen molar-refractivity contribution >= 4 is 6.03 Å². The van der Waals surface area contributed by atoms with Gasteiger partial charge in [-0.1, -0.05) is 5.57 Å². The van der Waals surface area contributed by atoms with Gasteiger partial charge in [0.15, 0.2) is 0 Å². The number of carbonyl (C=O) groups is 1. The Bertz CT molecular complexity index is 222. The van der Waals surface area contributed by atoms with Gasteiger partial charge in [-0.2, -0.15) is 0 Å². The van der Waals surface area contributed by atoms with Gasteiger partial charge < -0.3 is 15.7 Å². The average Bonchev–Trinajstić information content (AvgIpc) is 2.98. The quantitative estimate of drug-likeness (QED) is 0.577. The fraction of sp³-hybridized carbons (Fsp3) is 0.700. The van der Waals surface area contributed by atoms with Gasteiger partial charge in [0.1, 0.15) is 0 Å². The van der Waals surface area contributed by atoms with Gasteiger partial charge >= 0.3 is 6.03 Å². The highest BCUT2D eigenvalue weighted by Gasteiger charge is 2.22. The van der Waals surface area contributed by atoms with Crippen molar-refractivity contribution in [2.24, 2.45) is 5.92 Å². The predicted molar refractivity (Wildman–Crippen MR) is 54.7 cm³/mol. The van der Waals surface area contributed by atoms with Crippen LogP contribution >= 0.6 is 0 Å². The molecule has 1 aliphatic rings. The topological polar surface area (TPSA) is 61.4 Å². The first-order valence-corrected chi connectivity index (χ1v) is 5.06. The average molecular weight is 198 g/mol. The molecular formula is C10H18N2O2. The summed E-state index contributed by atoms with van der Waals surface area (Å²) in [4.78, 5) is 11.1. The zero-order valence-electron chi connectivity index (χ0n) is 8.55. The lowest BCUT2D eigenvalue weighted by Crippen LogP contribution is -2.33. The summed E-state index contributed by atoms with van der Waals surface area (Å²) in [7, 11) is 0. The summed E-state index contributed by atoms with van der Waals surface area (Å²) in [5, 5.41) is 13.8. The molecule has 14 heavy (non-hydrogen) atoms. The number of rotatable bonds is 5. The van der Waals surface area contributed by atoms with E-state index in [4.69, 9.17) is 5.11 Å². The third-order valence-electron chi connectivity index (χ3n) is 2.27. The van der Waals surface area contributed by atoms with Gasteiger partial charge in [0.25, 0.3) is 0 Å². The van der Waals surface area contributed by atoms with Gasteiger partial charge in [-0.05, 0) is 32.1 Å². The molecule has 1 fully saturated rings. The molecule has 1 rings (SSSR count). The zero-order valence-corrected chi connectivity index (χ0v) is 8.55. The highest BCUT2D eigenvalue weighted by molar-refractivity contribution is 5.74. The second-order valence-electron chi connectivity index (χ2n) is 3.64. The Morgan fingerprint density at radius 1 is 1.57 bits per heavy atom. The van der Waals surface area contributed by atoms with Gasteiger partial charge in [-0.15, -0.1) is 0 Å². The maximum absolute atomic E-state index is 11.1. The molecule has 0 unspecified atom stereocenters. The van der Waals surface area contributed by atoms with Crippen molar-refractivity contribution in [1.29, 1.82) is 0 Å². The molecule has 0 aromatic carbocycles. The SMILES string of the molecule is C/C(=C\NC(=O)NCCCO)C1CC1. The highest BCUT2D eigenvalue weighted by Crippen LogP contribution is 2.35. The minimum atomic E-state index is -0.196. The van der Waals surface area contributed by atoms with Crippen LogP contribution in [-0.4, -0.2) is 24.3 Å². The van der Waals surface area contributed by atoms with Crippen molar-refractivity contribution in [3.63, 3.8) is 0 Å². The van der Waals surface area contributed by atoms with Crippen LogP contribution in [0.5, 0.6) is 0 Å². The van der Waals surface area contributed by atoms with Crippen molar-refractivity contribution in [3.8, 4) is 0 Å². The Hall–Kier alpha value is -1.03. The number of amides is 2. The van der Waals surface area contributed by atoms with Crippen LogP contribution in [0.3, 0.4) is 0 Å². The first-order chi connectivity index (χ1) is 6.74. The summed E-state index contributed by atoms with van der Waals surface area (Å²) in [6.45, 7) is 2.65. The van der Waals surface area contributed by atoms with Crippen LogP contribution < -0.4 is 10.6 Å². The first kappa shape index (κ1) is 11.0. The monoisotopic (exact) mass is 198 g/mol. The van der Waals surface area contributed by atoms with E-state index in [1.165, 1.54) is 18.4 Å². The van der Waals surface area contributed by atoms with Crippen LogP contribution in [0.15, 0.2) is 11.8 Å². The van der Waals surface area contributed by atoms with Gasteiger partial charge in [-0.25, -0.2) is 4.79 Å². The number of aliphatic hydroxyl groups is 1. The van der Waals surface area contributed by atoms with Crippen LogP contribution in [-0.2, 0) is 0 Å². The van der Waals surface area contributed by atoms with Crippen molar-refractivity contribution in [2.75, 3.05) is 13.2 Å². The molecule has 4 nitrogen and oxygen atoms in total. The number of allylic oxidation sites excluding steroid dienone is 1. The smallest absolute Gasteiger partial charge is 0.318 e. The molecule has 1 saturated carbocycles. The Balaban J connectivity index is 2.10. The molecule has 1 aliphatic carbocycles. The number of nitrogens with one attached hydrogen (secondary N) is 2. The van der Waals surface area contributed by atoms with E-state index >= 15 is 0 Å². The van der Waals surface area contributed by atoms with Crippen molar-refractivity contribution in [2.45, 2.75) is 26.2 Å². The molecule has 3 N–H and O–H groups in total. The lowest BCUT2D eigenvalue weighted by Gasteiger charge is -2.04. The number of hydrogen-bond acceptors (Lipinski definition) is 2. The Morgan fingerprint density at radius 3 is 2.86 bits per heavy atom. The molecule has 0 aliphatic heterocycles. The van der Waals surface area contributed by atoms with Gasteiger partial charge in [0.2, 0.25) is 0 Å². The Morgan fingerprint density at radius 2 is 2.29 bits per heavy atom. The standard InChI is InChI=1S/C10H18N2O2/c1-8(9-3-4-9)7-12-10(14)11-5-2-6-13/h7,9,13H,2-6H2,1H3,(H2,11,12,14)/b8-7+. The maximum atomic E-state index is 11.1. The van der Waals surface area contributed by atoms with E-state index in [0.717, 1.165) is 0 Å². The Kier molecular flexibility index (Phi) is 4.46. The summed E-state index contributed by atoms with van der Waals surface area (Å²) in [6, 6.07) is -0.196. The molecule has 0 atom stereocenters. The van der Waals surface area contributed by atoms with Crippen molar-refractivity contribution in [3.05, 3.63) is 11.8 Å². The molecule has 0 bridgehead atoms. The summed E-state index contributed by atoms with van der Waals surface area (Å²) in [5.41, 5.74) is 1.24. The summed E-state index contributed by atoms with van der Waals surface area (Å²) >= 11 is 0. The molecule has 0 heterocycles. The van der Waals surface area contributed by atoms with Crippen LogP contribution in [0.2, 0.25) is 0 Å². The molecule has 2 amide bonds. The van der Waals surface area contributed by atoms with E-state index in [9.17, 15) is 4.79 Å². The highest BCUT2D eigenvalue weighted by atomic mass is 16.3. The van der Waals surface area contributed by atoms with E-state index < -0.39 is 0 Å². The molecule has 0 spiro atoms.